The molecule has 0 spiro atoms. The minimum absolute atomic E-state index is 0.0827. The number of rotatable bonds is 25. The van der Waals surface area contributed by atoms with Crippen LogP contribution >= 0.6 is 0 Å². The van der Waals surface area contributed by atoms with Gasteiger partial charge in [0, 0.05) is 19.1 Å². The monoisotopic (exact) mass is 702 g/mol. The number of carbonyl (C=O) groups is 2. The van der Waals surface area contributed by atoms with Crippen LogP contribution in [0, 0.1) is 11.8 Å². The SMILES string of the molecule is CCCCCCCCCCCC[C@@H](OCOC)[C@H]1CC[C@@H]([C@@H](O)CC#C/C=C/CCCCCCCC2=C[C@H](C)OC2=O)N1C(=O)OC(C)(C)C. The first-order chi connectivity index (χ1) is 24.1. The molecule has 0 aliphatic carbocycles. The van der Waals surface area contributed by atoms with Crippen LogP contribution in [0.25, 0.3) is 0 Å². The van der Waals surface area contributed by atoms with Gasteiger partial charge in [-0.15, -0.1) is 0 Å². The van der Waals surface area contributed by atoms with E-state index in [2.05, 4.69) is 24.8 Å². The third kappa shape index (κ3) is 18.2. The summed E-state index contributed by atoms with van der Waals surface area (Å²) in [5.41, 5.74) is 0.181. The summed E-state index contributed by atoms with van der Waals surface area (Å²) in [6.07, 6.45) is 26.9. The van der Waals surface area contributed by atoms with Gasteiger partial charge in [-0.05, 0) is 84.8 Å². The van der Waals surface area contributed by atoms with Crippen molar-refractivity contribution in [1.82, 2.24) is 4.90 Å². The van der Waals surface area contributed by atoms with Crippen LogP contribution in [0.4, 0.5) is 4.79 Å². The van der Waals surface area contributed by atoms with E-state index in [-0.39, 0.29) is 43.5 Å². The second-order valence-electron chi connectivity index (χ2n) is 15.3. The van der Waals surface area contributed by atoms with Crippen molar-refractivity contribution in [2.75, 3.05) is 13.9 Å². The number of allylic oxidation sites excluding steroid dienone is 2. The zero-order valence-electron chi connectivity index (χ0n) is 32.5. The van der Waals surface area contributed by atoms with Gasteiger partial charge in [0.1, 0.15) is 18.5 Å². The van der Waals surface area contributed by atoms with Crippen molar-refractivity contribution < 1.29 is 33.6 Å². The van der Waals surface area contributed by atoms with E-state index < -0.39 is 17.8 Å². The molecule has 8 nitrogen and oxygen atoms in total. The van der Waals surface area contributed by atoms with Crippen LogP contribution in [0.15, 0.2) is 23.8 Å². The highest BCUT2D eigenvalue weighted by Gasteiger charge is 2.45. The summed E-state index contributed by atoms with van der Waals surface area (Å²) in [4.78, 5) is 27.0. The quantitative estimate of drug-likeness (QED) is 0.0438. The molecule has 0 saturated carbocycles. The molecule has 286 valence electrons. The molecule has 0 radical (unpaired) electrons. The van der Waals surface area contributed by atoms with Gasteiger partial charge in [-0.25, -0.2) is 9.59 Å². The third-order valence-corrected chi connectivity index (χ3v) is 9.61. The topological polar surface area (TPSA) is 94.5 Å². The molecule has 0 aromatic rings. The Morgan fingerprint density at radius 3 is 2.22 bits per heavy atom. The number of aliphatic hydroxyl groups is 1. The maximum Gasteiger partial charge on any atom is 0.410 e. The summed E-state index contributed by atoms with van der Waals surface area (Å²) in [7, 11) is 1.62. The standard InChI is InChI=1S/C42H71NO7/c1-7-8-9-10-11-12-17-20-23-26-29-39(48-33-47-6)37-31-30-36(43(37)41(46)50-42(3,4)5)38(44)28-25-22-19-16-14-13-15-18-21-24-27-35-32-34(2)49-40(35)45/h16,19,32,34,36-39,44H,7-15,17-18,20-21,23-24,26-31,33H2,1-6H3/b19-16+/t34-,36-,37+,38-,39+/m0/s1. The van der Waals surface area contributed by atoms with Gasteiger partial charge in [0.2, 0.25) is 0 Å². The molecule has 2 aliphatic rings. The fourth-order valence-electron chi connectivity index (χ4n) is 6.99. The smallest absolute Gasteiger partial charge is 0.410 e. The molecule has 1 amide bonds. The largest absolute Gasteiger partial charge is 0.455 e. The molecule has 2 heterocycles. The van der Waals surface area contributed by atoms with E-state index >= 15 is 0 Å². The van der Waals surface area contributed by atoms with E-state index in [9.17, 15) is 14.7 Å². The van der Waals surface area contributed by atoms with Crippen LogP contribution < -0.4 is 0 Å². The van der Waals surface area contributed by atoms with Crippen molar-refractivity contribution in [2.45, 2.75) is 205 Å². The molecule has 2 aliphatic heterocycles. The number of carbonyl (C=O) groups excluding carboxylic acids is 2. The van der Waals surface area contributed by atoms with E-state index in [1.807, 2.05) is 39.8 Å². The predicted molar refractivity (Wildman–Crippen MR) is 202 cm³/mol. The molecule has 1 N–H and O–H groups in total. The van der Waals surface area contributed by atoms with Crippen LogP contribution in [-0.4, -0.2) is 72.0 Å². The average Bonchev–Trinajstić information content (AvgIpc) is 3.65. The van der Waals surface area contributed by atoms with Crippen molar-refractivity contribution in [1.29, 1.82) is 0 Å². The van der Waals surface area contributed by atoms with E-state index in [1.165, 1.54) is 51.4 Å². The number of cyclic esters (lactones) is 1. The Morgan fingerprint density at radius 2 is 1.60 bits per heavy atom. The maximum atomic E-state index is 13.6. The zero-order chi connectivity index (χ0) is 36.6. The molecule has 50 heavy (non-hydrogen) atoms. The van der Waals surface area contributed by atoms with Crippen LogP contribution in [0.5, 0.6) is 0 Å². The van der Waals surface area contributed by atoms with E-state index in [4.69, 9.17) is 18.9 Å². The molecule has 8 heteroatoms. The van der Waals surface area contributed by atoms with E-state index in [0.717, 1.165) is 76.2 Å². The Morgan fingerprint density at radius 1 is 0.980 bits per heavy atom. The summed E-state index contributed by atoms with van der Waals surface area (Å²) in [6, 6.07) is -0.570. The molecular weight excluding hydrogens is 630 g/mol. The fraction of sp³-hybridized carbons (Fsp3) is 0.810. The lowest BCUT2D eigenvalue weighted by molar-refractivity contribution is -0.139. The van der Waals surface area contributed by atoms with Crippen molar-refractivity contribution >= 4 is 12.1 Å². The number of nitrogens with zero attached hydrogens (tertiary/aromatic N) is 1. The van der Waals surface area contributed by atoms with Gasteiger partial charge in [0.25, 0.3) is 0 Å². The van der Waals surface area contributed by atoms with Gasteiger partial charge in [-0.1, -0.05) is 108 Å². The molecule has 2 rings (SSSR count). The molecule has 0 aromatic carbocycles. The number of aliphatic hydroxyl groups excluding tert-OH is 1. The Kier molecular flexibility index (Phi) is 22.4. The van der Waals surface area contributed by atoms with Gasteiger partial charge in [0.05, 0.1) is 24.3 Å². The highest BCUT2D eigenvalue weighted by molar-refractivity contribution is 5.90. The first-order valence-corrected chi connectivity index (χ1v) is 19.9. The van der Waals surface area contributed by atoms with Crippen molar-refractivity contribution in [3.63, 3.8) is 0 Å². The van der Waals surface area contributed by atoms with Gasteiger partial charge in [0.15, 0.2) is 0 Å². The summed E-state index contributed by atoms with van der Waals surface area (Å²) in [5, 5.41) is 11.3. The Hall–Kier alpha value is -2.34. The van der Waals surface area contributed by atoms with Crippen LogP contribution in [-0.2, 0) is 23.7 Å². The molecule has 1 saturated heterocycles. The average molecular weight is 702 g/mol. The molecule has 0 unspecified atom stereocenters. The minimum Gasteiger partial charge on any atom is -0.455 e. The first-order valence-electron chi connectivity index (χ1n) is 19.9. The number of hydrogen-bond donors (Lipinski definition) is 1. The van der Waals surface area contributed by atoms with Crippen LogP contribution in [0.3, 0.4) is 0 Å². The number of likely N-dealkylation sites (tertiary alicyclic amines) is 1. The van der Waals surface area contributed by atoms with E-state index in [0.29, 0.717) is 6.42 Å². The van der Waals surface area contributed by atoms with Crippen LogP contribution in [0.1, 0.15) is 169 Å². The summed E-state index contributed by atoms with van der Waals surface area (Å²) >= 11 is 0. The number of hydrogen-bond acceptors (Lipinski definition) is 7. The minimum atomic E-state index is -0.779. The summed E-state index contributed by atoms with van der Waals surface area (Å²) < 4.78 is 22.5. The lowest BCUT2D eigenvalue weighted by atomic mass is 10.00. The molecule has 1 fully saturated rings. The normalized spacial score (nSPS) is 20.5. The summed E-state index contributed by atoms with van der Waals surface area (Å²) in [5.74, 6) is 6.04. The second kappa shape index (κ2) is 25.6. The number of unbranched alkanes of at least 4 members (excludes halogenated alkanes) is 14. The van der Waals surface area contributed by atoms with Crippen molar-refractivity contribution in [3.8, 4) is 11.8 Å². The van der Waals surface area contributed by atoms with Gasteiger partial charge in [-0.2, -0.15) is 0 Å². The zero-order valence-corrected chi connectivity index (χ0v) is 32.5. The van der Waals surface area contributed by atoms with Gasteiger partial charge in [-0.3, -0.25) is 4.90 Å². The summed E-state index contributed by atoms with van der Waals surface area (Å²) in [6.45, 7) is 9.93. The maximum absolute atomic E-state index is 13.6. The number of methoxy groups -OCH3 is 1. The highest BCUT2D eigenvalue weighted by atomic mass is 16.7. The lowest BCUT2D eigenvalue weighted by Gasteiger charge is -2.37. The first kappa shape index (κ1) is 43.8. The molecule has 5 atom stereocenters. The predicted octanol–water partition coefficient (Wildman–Crippen LogP) is 9.97. The van der Waals surface area contributed by atoms with Gasteiger partial charge < -0.3 is 24.1 Å². The molecular formula is C42H71NO7. The lowest BCUT2D eigenvalue weighted by Crippen LogP contribution is -2.52. The number of ether oxygens (including phenoxy) is 4. The fourth-order valence-corrected chi connectivity index (χ4v) is 6.99. The van der Waals surface area contributed by atoms with Gasteiger partial charge >= 0.3 is 12.1 Å². The number of esters is 1. The third-order valence-electron chi connectivity index (χ3n) is 9.61. The highest BCUT2D eigenvalue weighted by Crippen LogP contribution is 2.34. The van der Waals surface area contributed by atoms with Crippen LogP contribution in [0.2, 0.25) is 0 Å². The van der Waals surface area contributed by atoms with Crippen molar-refractivity contribution in [2.24, 2.45) is 0 Å². The van der Waals surface area contributed by atoms with Crippen molar-refractivity contribution in [3.05, 3.63) is 23.8 Å². The van der Waals surface area contributed by atoms with E-state index in [1.54, 1.807) is 12.0 Å². The number of amides is 1. The Bertz CT molecular complexity index is 1070. The molecule has 0 bridgehead atoms. The Balaban J connectivity index is 1.82. The second-order valence-corrected chi connectivity index (χ2v) is 15.3. The Labute approximate surface area is 305 Å². The molecule has 0 aromatic heterocycles.